The zero-order valence-corrected chi connectivity index (χ0v) is 16.5. The number of nitrogens with zero attached hydrogens (tertiary/aromatic N) is 3. The molecule has 0 aliphatic carbocycles. The molecule has 142 valence electrons. The maximum Gasteiger partial charge on any atom is 0.129 e. The summed E-state index contributed by atoms with van der Waals surface area (Å²) in [6, 6.07) is 6.42. The van der Waals surface area contributed by atoms with Crippen LogP contribution in [-0.4, -0.2) is 34.9 Å². The third kappa shape index (κ3) is 4.55. The molecule has 1 aliphatic heterocycles. The second-order valence-corrected chi connectivity index (χ2v) is 7.01. The van der Waals surface area contributed by atoms with Crippen LogP contribution in [0.1, 0.15) is 18.4 Å². The highest BCUT2D eigenvalue weighted by Crippen LogP contribution is 2.28. The number of aromatic nitrogens is 3. The van der Waals surface area contributed by atoms with Gasteiger partial charge in [-0.2, -0.15) is 5.10 Å². The van der Waals surface area contributed by atoms with Gasteiger partial charge in [0.1, 0.15) is 5.82 Å². The molecule has 4 rings (SSSR count). The molecule has 0 bridgehead atoms. The number of aryl methyl sites for hydroxylation is 2. The fourth-order valence-electron chi connectivity index (χ4n) is 3.43. The van der Waals surface area contributed by atoms with E-state index in [2.05, 4.69) is 58.5 Å². The first-order valence-electron chi connectivity index (χ1n) is 9.51. The summed E-state index contributed by atoms with van der Waals surface area (Å²) >= 11 is 0. The van der Waals surface area contributed by atoms with Gasteiger partial charge in [0.2, 0.25) is 0 Å². The van der Waals surface area contributed by atoms with Gasteiger partial charge in [0.25, 0.3) is 0 Å². The molecule has 3 heterocycles. The Labute approximate surface area is 161 Å². The lowest BCUT2D eigenvalue weighted by molar-refractivity contribution is 0.437. The van der Waals surface area contributed by atoms with Crippen LogP contribution in [0.15, 0.2) is 49.4 Å². The molecule has 0 atom stereocenters. The standard InChI is InChI=1S/C15H16N4.C7H13N/c1-10-14-6-11(13-8-18-19(3)9-13)4-5-12(14)7-17-15(10)16-2;1-2-7-3-5-8-6-4-7/h4-9H,1-3H3,(H,16,17);2,7-8H,1,3-6H2. The minimum absolute atomic E-state index is 0.788. The molecule has 0 saturated carbocycles. The Morgan fingerprint density at radius 2 is 2.00 bits per heavy atom. The van der Waals surface area contributed by atoms with Crippen molar-refractivity contribution in [1.82, 2.24) is 20.1 Å². The molecule has 0 radical (unpaired) electrons. The van der Waals surface area contributed by atoms with Gasteiger partial charge in [-0.05, 0) is 61.4 Å². The molecule has 5 nitrogen and oxygen atoms in total. The van der Waals surface area contributed by atoms with Crippen LogP contribution < -0.4 is 10.6 Å². The number of hydrogen-bond donors (Lipinski definition) is 2. The van der Waals surface area contributed by atoms with E-state index >= 15 is 0 Å². The van der Waals surface area contributed by atoms with Gasteiger partial charge in [0.15, 0.2) is 0 Å². The highest BCUT2D eigenvalue weighted by Gasteiger charge is 2.08. The monoisotopic (exact) mass is 363 g/mol. The normalized spacial score (nSPS) is 14.5. The summed E-state index contributed by atoms with van der Waals surface area (Å²) < 4.78 is 1.82. The lowest BCUT2D eigenvalue weighted by atomic mass is 9.99. The van der Waals surface area contributed by atoms with Crippen LogP contribution in [0.4, 0.5) is 5.82 Å². The third-order valence-electron chi connectivity index (χ3n) is 5.14. The van der Waals surface area contributed by atoms with Crippen LogP contribution in [0, 0.1) is 12.8 Å². The van der Waals surface area contributed by atoms with E-state index in [4.69, 9.17) is 0 Å². The number of anilines is 1. The van der Waals surface area contributed by atoms with Gasteiger partial charge in [0, 0.05) is 37.4 Å². The lowest BCUT2D eigenvalue weighted by Crippen LogP contribution is -2.26. The van der Waals surface area contributed by atoms with E-state index in [0.717, 1.165) is 22.7 Å². The van der Waals surface area contributed by atoms with Gasteiger partial charge in [-0.15, -0.1) is 6.58 Å². The second kappa shape index (κ2) is 8.82. The summed E-state index contributed by atoms with van der Waals surface area (Å²) in [6.07, 6.45) is 10.4. The second-order valence-electron chi connectivity index (χ2n) is 7.01. The topological polar surface area (TPSA) is 54.8 Å². The summed E-state index contributed by atoms with van der Waals surface area (Å²) in [5.74, 6) is 1.71. The Morgan fingerprint density at radius 3 is 2.59 bits per heavy atom. The van der Waals surface area contributed by atoms with Crippen LogP contribution in [0.2, 0.25) is 0 Å². The molecule has 1 fully saturated rings. The van der Waals surface area contributed by atoms with Crippen molar-refractivity contribution in [2.24, 2.45) is 13.0 Å². The van der Waals surface area contributed by atoms with Gasteiger partial charge in [-0.3, -0.25) is 4.68 Å². The zero-order chi connectivity index (χ0) is 19.2. The molecule has 2 aromatic heterocycles. The summed E-state index contributed by atoms with van der Waals surface area (Å²) in [4.78, 5) is 4.40. The Morgan fingerprint density at radius 1 is 1.22 bits per heavy atom. The maximum absolute atomic E-state index is 4.40. The minimum Gasteiger partial charge on any atom is -0.373 e. The molecule has 1 aliphatic rings. The number of piperidine rings is 1. The van der Waals surface area contributed by atoms with Crippen molar-refractivity contribution in [3.63, 3.8) is 0 Å². The predicted octanol–water partition coefficient (Wildman–Crippen LogP) is 4.16. The quantitative estimate of drug-likeness (QED) is 0.686. The lowest BCUT2D eigenvalue weighted by Gasteiger charge is -2.18. The molecule has 1 saturated heterocycles. The van der Waals surface area contributed by atoms with Gasteiger partial charge in [-0.1, -0.05) is 18.2 Å². The summed E-state index contributed by atoms with van der Waals surface area (Å²) in [7, 11) is 3.82. The van der Waals surface area contributed by atoms with E-state index in [0.29, 0.717) is 0 Å². The van der Waals surface area contributed by atoms with E-state index in [1.54, 1.807) is 0 Å². The molecule has 27 heavy (non-hydrogen) atoms. The van der Waals surface area contributed by atoms with Gasteiger partial charge in [0.05, 0.1) is 6.20 Å². The largest absolute Gasteiger partial charge is 0.373 e. The fraction of sp³-hybridized carbons (Fsp3) is 0.364. The summed E-state index contributed by atoms with van der Waals surface area (Å²) in [5.41, 5.74) is 3.48. The van der Waals surface area contributed by atoms with Gasteiger partial charge < -0.3 is 10.6 Å². The van der Waals surface area contributed by atoms with Crippen molar-refractivity contribution in [2.45, 2.75) is 19.8 Å². The van der Waals surface area contributed by atoms with Crippen LogP contribution in [0.25, 0.3) is 21.9 Å². The molecule has 2 N–H and O–H groups in total. The third-order valence-corrected chi connectivity index (χ3v) is 5.14. The van der Waals surface area contributed by atoms with Crippen molar-refractivity contribution in [3.05, 3.63) is 55.0 Å². The number of hydrogen-bond acceptors (Lipinski definition) is 4. The Hall–Kier alpha value is -2.66. The maximum atomic E-state index is 4.40. The number of nitrogens with one attached hydrogen (secondary N) is 2. The van der Waals surface area contributed by atoms with E-state index < -0.39 is 0 Å². The highest BCUT2D eigenvalue weighted by molar-refractivity contribution is 5.91. The van der Waals surface area contributed by atoms with Crippen molar-refractivity contribution in [3.8, 4) is 11.1 Å². The Balaban J connectivity index is 0.000000221. The van der Waals surface area contributed by atoms with E-state index in [1.807, 2.05) is 37.4 Å². The first-order valence-corrected chi connectivity index (χ1v) is 9.51. The SMILES string of the molecule is C=CC1CCNCC1.CNc1ncc2ccc(-c3cnn(C)c3)cc2c1C. The van der Waals surface area contributed by atoms with Crippen LogP contribution in [0.5, 0.6) is 0 Å². The molecular formula is C22H29N5. The summed E-state index contributed by atoms with van der Waals surface area (Å²) in [6.45, 7) is 8.20. The first kappa shape index (κ1) is 19.1. The molecule has 5 heteroatoms. The zero-order valence-electron chi connectivity index (χ0n) is 16.5. The minimum atomic E-state index is 0.788. The highest BCUT2D eigenvalue weighted by atomic mass is 15.2. The number of benzene rings is 1. The van der Waals surface area contributed by atoms with E-state index in [-0.39, 0.29) is 0 Å². The molecule has 0 spiro atoms. The van der Waals surface area contributed by atoms with Gasteiger partial charge >= 0.3 is 0 Å². The molecule has 3 aromatic rings. The van der Waals surface area contributed by atoms with E-state index in [9.17, 15) is 0 Å². The number of allylic oxidation sites excluding steroid dienone is 1. The summed E-state index contributed by atoms with van der Waals surface area (Å²) in [5, 5.41) is 13.0. The predicted molar refractivity (Wildman–Crippen MR) is 114 cm³/mol. The average Bonchev–Trinajstić information content (AvgIpc) is 3.16. The number of rotatable bonds is 3. The molecule has 0 unspecified atom stereocenters. The Kier molecular flexibility index (Phi) is 6.24. The first-order chi connectivity index (χ1) is 13.1. The van der Waals surface area contributed by atoms with Gasteiger partial charge in [-0.25, -0.2) is 4.98 Å². The van der Waals surface area contributed by atoms with Crippen LogP contribution >= 0.6 is 0 Å². The smallest absolute Gasteiger partial charge is 0.129 e. The molecular weight excluding hydrogens is 334 g/mol. The van der Waals surface area contributed by atoms with E-state index in [1.165, 1.54) is 42.4 Å². The average molecular weight is 364 g/mol. The van der Waals surface area contributed by atoms with Crippen molar-refractivity contribution >= 4 is 16.6 Å². The van der Waals surface area contributed by atoms with Crippen molar-refractivity contribution in [1.29, 1.82) is 0 Å². The van der Waals surface area contributed by atoms with Crippen molar-refractivity contribution < 1.29 is 0 Å². The molecule has 0 amide bonds. The Bertz CT molecular complexity index is 906. The fourth-order valence-corrected chi connectivity index (χ4v) is 3.43. The van der Waals surface area contributed by atoms with Crippen LogP contribution in [-0.2, 0) is 7.05 Å². The van der Waals surface area contributed by atoms with Crippen molar-refractivity contribution in [2.75, 3.05) is 25.5 Å². The number of fused-ring (bicyclic) bond motifs is 1. The van der Waals surface area contributed by atoms with Crippen LogP contribution in [0.3, 0.4) is 0 Å². The number of pyridine rings is 1. The molecule has 1 aromatic carbocycles.